The van der Waals surface area contributed by atoms with Crippen molar-refractivity contribution < 1.29 is 0 Å². The van der Waals surface area contributed by atoms with Crippen molar-refractivity contribution in [3.63, 3.8) is 0 Å². The number of rotatable bonds is 2. The molecule has 51 heavy (non-hydrogen) atoms. The first-order valence-corrected chi connectivity index (χ1v) is 18.8. The molecule has 0 aliphatic heterocycles. The van der Waals surface area contributed by atoms with Gasteiger partial charge in [0.2, 0.25) is 5.95 Å². The summed E-state index contributed by atoms with van der Waals surface area (Å²) in [5.41, 5.74) is 5.33. The number of benzene rings is 8. The molecule has 236 valence electrons. The van der Waals surface area contributed by atoms with Crippen LogP contribution in [-0.2, 0) is 0 Å². The fourth-order valence-corrected chi connectivity index (χ4v) is 10.8. The molecule has 0 aliphatic rings. The lowest BCUT2D eigenvalue weighted by Gasteiger charge is -2.12. The van der Waals surface area contributed by atoms with Crippen LogP contribution in [0.3, 0.4) is 0 Å². The molecule has 5 heteroatoms. The highest BCUT2D eigenvalue weighted by atomic mass is 32.1. The van der Waals surface area contributed by atoms with E-state index in [2.05, 4.69) is 156 Å². The van der Waals surface area contributed by atoms with Gasteiger partial charge in [0.15, 0.2) is 0 Å². The second-order valence-corrected chi connectivity index (χ2v) is 15.4. The van der Waals surface area contributed by atoms with Gasteiger partial charge >= 0.3 is 0 Å². The van der Waals surface area contributed by atoms with Crippen LogP contribution in [0.4, 0.5) is 0 Å². The largest absolute Gasteiger partial charge is 0.276 e. The molecule has 4 heterocycles. The predicted octanol–water partition coefficient (Wildman–Crippen LogP) is 13.4. The zero-order chi connectivity index (χ0) is 33.2. The number of hydrogen-bond donors (Lipinski definition) is 0. The predicted molar refractivity (Wildman–Crippen MR) is 220 cm³/mol. The Morgan fingerprint density at radius 1 is 0.431 bits per heavy atom. The second kappa shape index (κ2) is 10.2. The van der Waals surface area contributed by atoms with Gasteiger partial charge in [-0.2, -0.15) is 0 Å². The third-order valence-electron chi connectivity index (χ3n) is 10.6. The van der Waals surface area contributed by atoms with E-state index in [1.165, 1.54) is 73.5 Å². The summed E-state index contributed by atoms with van der Waals surface area (Å²) in [6, 6.07) is 55.0. The molecular weight excluding hydrogens is 659 g/mol. The van der Waals surface area contributed by atoms with E-state index in [4.69, 9.17) is 9.97 Å². The molecule has 0 fully saturated rings. The monoisotopic (exact) mass is 683 g/mol. The van der Waals surface area contributed by atoms with E-state index in [1.54, 1.807) is 11.3 Å². The lowest BCUT2D eigenvalue weighted by molar-refractivity contribution is 1.02. The molecule has 0 unspecified atom stereocenters. The first kappa shape index (κ1) is 27.7. The van der Waals surface area contributed by atoms with Gasteiger partial charge in [0.05, 0.1) is 31.6 Å². The molecule has 0 N–H and O–H groups in total. The fourth-order valence-electron chi connectivity index (χ4n) is 8.37. The molecule has 12 rings (SSSR count). The standard InChI is InChI=1S/C46H25N3S2/c1-2-12-29-26(11-1)21-22-27-25-28(23-24-30(27)29)41-45-42(35-17-7-10-20-38(35)51-45)48-46(47-41)49-36-18-8-5-15-33(36)39-31-13-3-4-14-32(31)40-34-16-6-9-19-37(34)50-44(40)43(39)49/h1-25H. The van der Waals surface area contributed by atoms with Crippen molar-refractivity contribution in [3.05, 3.63) is 152 Å². The van der Waals surface area contributed by atoms with Crippen molar-refractivity contribution in [2.45, 2.75) is 0 Å². The molecule has 0 atom stereocenters. The van der Waals surface area contributed by atoms with E-state index in [1.807, 2.05) is 11.3 Å². The smallest absolute Gasteiger partial charge is 0.235 e. The number of nitrogens with zero attached hydrogens (tertiary/aromatic N) is 3. The average molecular weight is 684 g/mol. The van der Waals surface area contributed by atoms with Crippen LogP contribution >= 0.6 is 22.7 Å². The van der Waals surface area contributed by atoms with E-state index in [0.717, 1.165) is 32.4 Å². The Morgan fingerprint density at radius 3 is 1.88 bits per heavy atom. The van der Waals surface area contributed by atoms with Crippen LogP contribution in [0.2, 0.25) is 0 Å². The van der Waals surface area contributed by atoms with Crippen LogP contribution < -0.4 is 0 Å². The minimum Gasteiger partial charge on any atom is -0.276 e. The Kier molecular flexibility index (Phi) is 5.53. The van der Waals surface area contributed by atoms with Gasteiger partial charge in [-0.15, -0.1) is 22.7 Å². The first-order chi connectivity index (χ1) is 25.3. The summed E-state index contributed by atoms with van der Waals surface area (Å²) in [4.78, 5) is 11.1. The maximum absolute atomic E-state index is 5.59. The van der Waals surface area contributed by atoms with Gasteiger partial charge in [-0.25, -0.2) is 9.97 Å². The highest BCUT2D eigenvalue weighted by molar-refractivity contribution is 7.27. The summed E-state index contributed by atoms with van der Waals surface area (Å²) in [5.74, 6) is 0.694. The summed E-state index contributed by atoms with van der Waals surface area (Å²) < 4.78 is 7.22. The molecule has 0 spiro atoms. The van der Waals surface area contributed by atoms with Gasteiger partial charge in [-0.05, 0) is 56.6 Å². The Balaban J connectivity index is 1.25. The Bertz CT molecular complexity index is 3440. The zero-order valence-corrected chi connectivity index (χ0v) is 28.7. The number of thiophene rings is 2. The molecule has 0 saturated heterocycles. The minimum atomic E-state index is 0.694. The summed E-state index contributed by atoms with van der Waals surface area (Å²) in [6.07, 6.45) is 0. The number of fused-ring (bicyclic) bond motifs is 16. The number of hydrogen-bond acceptors (Lipinski definition) is 4. The maximum atomic E-state index is 5.59. The Morgan fingerprint density at radius 2 is 1.04 bits per heavy atom. The van der Waals surface area contributed by atoms with Crippen molar-refractivity contribution in [1.82, 2.24) is 14.5 Å². The summed E-state index contributed by atoms with van der Waals surface area (Å²) >= 11 is 3.65. The van der Waals surface area contributed by atoms with Gasteiger partial charge in [0.25, 0.3) is 0 Å². The average Bonchev–Trinajstić information content (AvgIpc) is 3.87. The number of para-hydroxylation sites is 1. The molecule has 0 aliphatic carbocycles. The Hall–Kier alpha value is -6.14. The quantitative estimate of drug-likeness (QED) is 0.170. The topological polar surface area (TPSA) is 30.7 Å². The van der Waals surface area contributed by atoms with Crippen LogP contribution in [0.15, 0.2) is 152 Å². The van der Waals surface area contributed by atoms with Crippen LogP contribution in [-0.4, -0.2) is 14.5 Å². The molecular formula is C46H25N3S2. The van der Waals surface area contributed by atoms with E-state index < -0.39 is 0 Å². The molecule has 8 aromatic carbocycles. The summed E-state index contributed by atoms with van der Waals surface area (Å²) in [5, 5.41) is 13.7. The SMILES string of the molecule is c1ccc2c(c1)ccc1cc(-c3nc(-n4c5ccccc5c5c6ccccc6c6c7ccccc7sc6c54)nc4c3sc3ccccc34)ccc12. The lowest BCUT2D eigenvalue weighted by Crippen LogP contribution is -2.03. The van der Waals surface area contributed by atoms with Crippen LogP contribution in [0.5, 0.6) is 0 Å². The van der Waals surface area contributed by atoms with Gasteiger partial charge < -0.3 is 0 Å². The second-order valence-electron chi connectivity index (χ2n) is 13.3. The van der Waals surface area contributed by atoms with E-state index in [0.29, 0.717) is 5.95 Å². The molecule has 0 radical (unpaired) electrons. The minimum absolute atomic E-state index is 0.694. The molecule has 0 saturated carbocycles. The van der Waals surface area contributed by atoms with Gasteiger partial charge in [0, 0.05) is 41.9 Å². The van der Waals surface area contributed by atoms with E-state index >= 15 is 0 Å². The van der Waals surface area contributed by atoms with Crippen molar-refractivity contribution >= 4 is 117 Å². The van der Waals surface area contributed by atoms with Crippen LogP contribution in [0.1, 0.15) is 0 Å². The van der Waals surface area contributed by atoms with Crippen LogP contribution in [0.25, 0.3) is 112 Å². The molecule has 12 aromatic rings. The Labute approximate surface area is 299 Å². The van der Waals surface area contributed by atoms with Gasteiger partial charge in [0.1, 0.15) is 0 Å². The third kappa shape index (κ3) is 3.77. The van der Waals surface area contributed by atoms with Crippen molar-refractivity contribution in [2.75, 3.05) is 0 Å². The molecule has 0 bridgehead atoms. The molecule has 4 aromatic heterocycles. The third-order valence-corrected chi connectivity index (χ3v) is 12.9. The van der Waals surface area contributed by atoms with E-state index in [9.17, 15) is 0 Å². The summed E-state index contributed by atoms with van der Waals surface area (Å²) in [7, 11) is 0. The highest BCUT2D eigenvalue weighted by Crippen LogP contribution is 2.48. The zero-order valence-electron chi connectivity index (χ0n) is 27.1. The maximum Gasteiger partial charge on any atom is 0.235 e. The van der Waals surface area contributed by atoms with Crippen LogP contribution in [0, 0.1) is 0 Å². The number of aromatic nitrogens is 3. The van der Waals surface area contributed by atoms with Gasteiger partial charge in [-0.1, -0.05) is 127 Å². The summed E-state index contributed by atoms with van der Waals surface area (Å²) in [6.45, 7) is 0. The molecule has 0 amide bonds. The molecule has 3 nitrogen and oxygen atoms in total. The van der Waals surface area contributed by atoms with Crippen molar-refractivity contribution in [3.8, 4) is 17.2 Å². The normalized spacial score (nSPS) is 12.3. The fraction of sp³-hybridized carbons (Fsp3) is 0. The first-order valence-electron chi connectivity index (χ1n) is 17.2. The van der Waals surface area contributed by atoms with Crippen molar-refractivity contribution in [2.24, 2.45) is 0 Å². The van der Waals surface area contributed by atoms with E-state index in [-0.39, 0.29) is 0 Å². The van der Waals surface area contributed by atoms with Crippen molar-refractivity contribution in [1.29, 1.82) is 0 Å². The van der Waals surface area contributed by atoms with Gasteiger partial charge in [-0.3, -0.25) is 4.57 Å². The lowest BCUT2D eigenvalue weighted by atomic mass is 9.99. The highest BCUT2D eigenvalue weighted by Gasteiger charge is 2.24.